The Morgan fingerprint density at radius 3 is 2.92 bits per heavy atom. The fourth-order valence-corrected chi connectivity index (χ4v) is 2.74. The molecule has 0 radical (unpaired) electrons. The van der Waals surface area contributed by atoms with E-state index in [0.717, 1.165) is 5.92 Å². The molecule has 3 aliphatic carbocycles. The number of allylic oxidation sites excluding steroid dienone is 1. The van der Waals surface area contributed by atoms with Crippen molar-refractivity contribution in [3.05, 3.63) is 11.6 Å². The third-order valence-corrected chi connectivity index (χ3v) is 3.88. The van der Waals surface area contributed by atoms with E-state index < -0.39 is 0 Å². The Labute approximate surface area is 78.8 Å². The van der Waals surface area contributed by atoms with Gasteiger partial charge in [-0.05, 0) is 35.7 Å². The third kappa shape index (κ3) is 1.31. The van der Waals surface area contributed by atoms with Gasteiger partial charge in [-0.25, -0.2) is 4.89 Å². The van der Waals surface area contributed by atoms with Crippen LogP contribution in [-0.2, 0) is 9.88 Å². The smallest absolute Gasteiger partial charge is 0.106 e. The maximum Gasteiger partial charge on any atom is 0.106 e. The Kier molecular flexibility index (Phi) is 2.18. The lowest BCUT2D eigenvalue weighted by Gasteiger charge is -2.56. The summed E-state index contributed by atoms with van der Waals surface area (Å²) in [6.45, 7) is 5.20. The summed E-state index contributed by atoms with van der Waals surface area (Å²) >= 11 is 0. The molecular weight excluding hydrogens is 166 g/mol. The second-order valence-electron chi connectivity index (χ2n) is 4.68. The minimum absolute atomic E-state index is 0.460. The van der Waals surface area contributed by atoms with Crippen LogP contribution in [0, 0.1) is 17.3 Å². The molecule has 1 fully saturated rings. The van der Waals surface area contributed by atoms with E-state index in [1.54, 1.807) is 0 Å². The van der Waals surface area contributed by atoms with Crippen LogP contribution in [0.4, 0.5) is 0 Å². The molecule has 0 saturated heterocycles. The van der Waals surface area contributed by atoms with Gasteiger partial charge in [0.15, 0.2) is 0 Å². The van der Waals surface area contributed by atoms with Gasteiger partial charge in [-0.2, -0.15) is 5.90 Å². The Bertz CT molecular complexity index is 235. The predicted molar refractivity (Wildman–Crippen MR) is 49.3 cm³/mol. The molecule has 0 aromatic heterocycles. The fraction of sp³-hybridized carbons (Fsp3) is 0.800. The highest BCUT2D eigenvalue weighted by atomic mass is 17.3. The Morgan fingerprint density at radius 2 is 2.38 bits per heavy atom. The van der Waals surface area contributed by atoms with Crippen LogP contribution in [0.3, 0.4) is 0 Å². The van der Waals surface area contributed by atoms with Gasteiger partial charge in [0, 0.05) is 0 Å². The second kappa shape index (κ2) is 3.08. The van der Waals surface area contributed by atoms with E-state index in [0.29, 0.717) is 17.9 Å². The highest BCUT2D eigenvalue weighted by Crippen LogP contribution is 2.59. The summed E-state index contributed by atoms with van der Waals surface area (Å²) in [5.74, 6) is 6.38. The lowest BCUT2D eigenvalue weighted by Crippen LogP contribution is -2.48. The summed E-state index contributed by atoms with van der Waals surface area (Å²) in [5, 5.41) is 0. The standard InChI is InChI=1S/C10H17NO2/c1-10(2)8-4-3-7(6-12-13-11)9(10)5-8/h3,8-9H,4-6,11H2,1-2H3. The lowest BCUT2D eigenvalue weighted by atomic mass is 9.49. The molecule has 0 heterocycles. The largest absolute Gasteiger partial charge is 0.214 e. The van der Waals surface area contributed by atoms with Crippen LogP contribution in [0.1, 0.15) is 26.7 Å². The van der Waals surface area contributed by atoms with Crippen molar-refractivity contribution < 1.29 is 9.88 Å². The van der Waals surface area contributed by atoms with Gasteiger partial charge in [-0.3, -0.25) is 0 Å². The first-order valence-corrected chi connectivity index (χ1v) is 4.83. The monoisotopic (exact) mass is 183 g/mol. The van der Waals surface area contributed by atoms with Crippen LogP contribution < -0.4 is 5.90 Å². The third-order valence-electron chi connectivity index (χ3n) is 3.88. The summed E-state index contributed by atoms with van der Waals surface area (Å²) in [7, 11) is 0. The molecule has 2 N–H and O–H groups in total. The molecular formula is C10H17NO2. The molecule has 74 valence electrons. The zero-order valence-corrected chi connectivity index (χ0v) is 8.25. The van der Waals surface area contributed by atoms with Crippen molar-refractivity contribution in [3.8, 4) is 0 Å². The van der Waals surface area contributed by atoms with Gasteiger partial charge in [-0.1, -0.05) is 19.9 Å². The number of hydrogen-bond acceptors (Lipinski definition) is 3. The van der Waals surface area contributed by atoms with Gasteiger partial charge < -0.3 is 0 Å². The summed E-state index contributed by atoms with van der Waals surface area (Å²) in [6.07, 6.45) is 4.78. The minimum Gasteiger partial charge on any atom is -0.214 e. The molecule has 0 spiro atoms. The second-order valence-corrected chi connectivity index (χ2v) is 4.68. The number of nitrogens with two attached hydrogens (primary N) is 1. The van der Waals surface area contributed by atoms with Crippen molar-refractivity contribution in [2.45, 2.75) is 26.7 Å². The van der Waals surface area contributed by atoms with E-state index in [1.165, 1.54) is 18.4 Å². The topological polar surface area (TPSA) is 44.5 Å². The molecule has 13 heavy (non-hydrogen) atoms. The molecule has 2 unspecified atom stereocenters. The minimum atomic E-state index is 0.460. The van der Waals surface area contributed by atoms with Gasteiger partial charge in [-0.15, -0.1) is 4.99 Å². The normalized spacial score (nSPS) is 35.2. The quantitative estimate of drug-likeness (QED) is 0.412. The first kappa shape index (κ1) is 9.19. The zero-order valence-electron chi connectivity index (χ0n) is 8.25. The van der Waals surface area contributed by atoms with Gasteiger partial charge in [0.25, 0.3) is 0 Å². The lowest BCUT2D eigenvalue weighted by molar-refractivity contribution is -0.295. The van der Waals surface area contributed by atoms with E-state index in [9.17, 15) is 0 Å². The van der Waals surface area contributed by atoms with Crippen molar-refractivity contribution in [2.75, 3.05) is 6.61 Å². The molecule has 3 rings (SSSR count). The molecule has 0 aromatic rings. The van der Waals surface area contributed by atoms with E-state index >= 15 is 0 Å². The number of fused-ring (bicyclic) bond motifs is 1. The van der Waals surface area contributed by atoms with Crippen molar-refractivity contribution in [3.63, 3.8) is 0 Å². The fourth-order valence-electron chi connectivity index (χ4n) is 2.74. The highest BCUT2D eigenvalue weighted by molar-refractivity contribution is 5.23. The molecule has 0 aromatic carbocycles. The van der Waals surface area contributed by atoms with Gasteiger partial charge in [0.2, 0.25) is 0 Å². The van der Waals surface area contributed by atoms with E-state index in [2.05, 4.69) is 24.9 Å². The van der Waals surface area contributed by atoms with Crippen LogP contribution in [0.15, 0.2) is 11.6 Å². The van der Waals surface area contributed by atoms with Crippen LogP contribution >= 0.6 is 0 Å². The number of rotatable bonds is 3. The molecule has 0 amide bonds. The van der Waals surface area contributed by atoms with Crippen molar-refractivity contribution in [1.29, 1.82) is 0 Å². The molecule has 3 nitrogen and oxygen atoms in total. The average Bonchev–Trinajstić information content (AvgIpc) is 2.14. The van der Waals surface area contributed by atoms with Crippen LogP contribution in [0.2, 0.25) is 0 Å². The molecule has 1 saturated carbocycles. The van der Waals surface area contributed by atoms with Gasteiger partial charge in [0.05, 0.1) is 0 Å². The average molecular weight is 183 g/mol. The Morgan fingerprint density at radius 1 is 1.62 bits per heavy atom. The maximum absolute atomic E-state index is 4.82. The molecule has 3 aliphatic rings. The summed E-state index contributed by atoms with van der Waals surface area (Å²) in [4.78, 5) is 8.91. The SMILES string of the molecule is CC1(C)C2CC=C(COON)C1C2. The predicted octanol–water partition coefficient (Wildman–Crippen LogP) is 1.80. The highest BCUT2D eigenvalue weighted by Gasteiger charge is 2.51. The first-order chi connectivity index (χ1) is 6.16. The molecule has 2 atom stereocenters. The van der Waals surface area contributed by atoms with Crippen LogP contribution in [0.25, 0.3) is 0 Å². The Balaban J connectivity index is 2.01. The van der Waals surface area contributed by atoms with E-state index in [-0.39, 0.29) is 0 Å². The summed E-state index contributed by atoms with van der Waals surface area (Å²) < 4.78 is 0. The van der Waals surface area contributed by atoms with Gasteiger partial charge in [0.1, 0.15) is 6.61 Å². The molecule has 3 heteroatoms. The first-order valence-electron chi connectivity index (χ1n) is 4.83. The Hall–Kier alpha value is -0.380. The van der Waals surface area contributed by atoms with Gasteiger partial charge >= 0.3 is 0 Å². The zero-order chi connectivity index (χ0) is 9.47. The summed E-state index contributed by atoms with van der Waals surface area (Å²) in [6, 6.07) is 0. The maximum atomic E-state index is 4.82. The van der Waals surface area contributed by atoms with Crippen LogP contribution in [0.5, 0.6) is 0 Å². The summed E-state index contributed by atoms with van der Waals surface area (Å²) in [5.41, 5.74) is 1.82. The van der Waals surface area contributed by atoms with Crippen molar-refractivity contribution in [1.82, 2.24) is 0 Å². The molecule has 0 aliphatic heterocycles. The molecule has 2 bridgehead atoms. The van der Waals surface area contributed by atoms with Crippen LogP contribution in [-0.4, -0.2) is 6.61 Å². The van der Waals surface area contributed by atoms with E-state index in [4.69, 9.17) is 10.8 Å². The van der Waals surface area contributed by atoms with Crippen molar-refractivity contribution >= 4 is 0 Å². The number of hydrogen-bond donors (Lipinski definition) is 1. The van der Waals surface area contributed by atoms with Crippen molar-refractivity contribution in [2.24, 2.45) is 23.1 Å². The van der Waals surface area contributed by atoms with E-state index in [1.807, 2.05) is 0 Å².